The predicted octanol–water partition coefficient (Wildman–Crippen LogP) is 4.84. The van der Waals surface area contributed by atoms with Crippen molar-refractivity contribution in [3.8, 4) is 5.75 Å². The van der Waals surface area contributed by atoms with Crippen molar-refractivity contribution in [2.24, 2.45) is 0 Å². The van der Waals surface area contributed by atoms with Gasteiger partial charge in [0.1, 0.15) is 5.75 Å². The van der Waals surface area contributed by atoms with Crippen LogP contribution in [0.1, 0.15) is 22.7 Å². The number of hydrogen-bond donors (Lipinski definition) is 1. The molecule has 1 atom stereocenters. The highest BCUT2D eigenvalue weighted by atomic mass is 79.9. The Morgan fingerprint density at radius 1 is 1.05 bits per heavy atom. The van der Waals surface area contributed by atoms with E-state index in [1.54, 1.807) is 7.11 Å². The zero-order chi connectivity index (χ0) is 14.7. The van der Waals surface area contributed by atoms with Gasteiger partial charge in [0.2, 0.25) is 0 Å². The van der Waals surface area contributed by atoms with Crippen molar-refractivity contribution in [3.05, 3.63) is 62.0 Å². The molecule has 0 radical (unpaired) electrons. The van der Waals surface area contributed by atoms with E-state index in [4.69, 9.17) is 4.74 Å². The summed E-state index contributed by atoms with van der Waals surface area (Å²) in [5.74, 6) is 0.886. The van der Waals surface area contributed by atoms with Gasteiger partial charge in [-0.2, -0.15) is 0 Å². The Bertz CT molecular complexity index is 593. The summed E-state index contributed by atoms with van der Waals surface area (Å²) in [5.41, 5.74) is 3.67. The van der Waals surface area contributed by atoms with E-state index in [1.807, 2.05) is 19.2 Å². The molecule has 0 aromatic heterocycles. The molecule has 2 nitrogen and oxygen atoms in total. The smallest absolute Gasteiger partial charge is 0.119 e. The number of benzene rings is 2. The van der Waals surface area contributed by atoms with Crippen LogP contribution in [-0.4, -0.2) is 14.2 Å². The first-order valence-electron chi connectivity index (χ1n) is 6.33. The second-order valence-electron chi connectivity index (χ2n) is 4.65. The van der Waals surface area contributed by atoms with Crippen LogP contribution >= 0.6 is 31.9 Å². The zero-order valence-corrected chi connectivity index (χ0v) is 14.9. The van der Waals surface area contributed by atoms with Crippen LogP contribution in [0.15, 0.2) is 45.3 Å². The van der Waals surface area contributed by atoms with Gasteiger partial charge in [-0.1, -0.05) is 37.9 Å². The van der Waals surface area contributed by atoms with Crippen LogP contribution in [0.25, 0.3) is 0 Å². The molecule has 2 aromatic carbocycles. The topological polar surface area (TPSA) is 21.3 Å². The van der Waals surface area contributed by atoms with Crippen LogP contribution in [-0.2, 0) is 0 Å². The number of rotatable bonds is 4. The first-order valence-corrected chi connectivity index (χ1v) is 7.91. The molecule has 0 saturated heterocycles. The van der Waals surface area contributed by atoms with Gasteiger partial charge in [-0.3, -0.25) is 0 Å². The lowest BCUT2D eigenvalue weighted by Gasteiger charge is -2.20. The molecule has 4 heteroatoms. The Balaban J connectivity index is 2.46. The van der Waals surface area contributed by atoms with E-state index in [9.17, 15) is 0 Å². The van der Waals surface area contributed by atoms with E-state index in [0.717, 1.165) is 14.7 Å². The summed E-state index contributed by atoms with van der Waals surface area (Å²) in [4.78, 5) is 0. The van der Waals surface area contributed by atoms with E-state index in [1.165, 1.54) is 16.7 Å². The van der Waals surface area contributed by atoms with Crippen LogP contribution in [0.5, 0.6) is 5.75 Å². The van der Waals surface area contributed by atoms with Gasteiger partial charge < -0.3 is 10.1 Å². The molecule has 1 N–H and O–H groups in total. The summed E-state index contributed by atoms with van der Waals surface area (Å²) in [6.07, 6.45) is 0. The zero-order valence-electron chi connectivity index (χ0n) is 11.7. The van der Waals surface area contributed by atoms with E-state index < -0.39 is 0 Å². The Morgan fingerprint density at radius 3 is 2.20 bits per heavy atom. The Labute approximate surface area is 136 Å². The number of hydrogen-bond acceptors (Lipinski definition) is 2. The van der Waals surface area contributed by atoms with Crippen LogP contribution in [0.2, 0.25) is 0 Å². The van der Waals surface area contributed by atoms with Crippen LogP contribution in [0.4, 0.5) is 0 Å². The highest BCUT2D eigenvalue weighted by Gasteiger charge is 2.15. The van der Waals surface area contributed by atoms with E-state index >= 15 is 0 Å². The van der Waals surface area contributed by atoms with Crippen molar-refractivity contribution in [2.75, 3.05) is 14.2 Å². The third-order valence-corrected chi connectivity index (χ3v) is 4.21. The van der Waals surface area contributed by atoms with Crippen molar-refractivity contribution < 1.29 is 4.74 Å². The number of aryl methyl sites for hydroxylation is 1. The largest absolute Gasteiger partial charge is 0.497 e. The second kappa shape index (κ2) is 6.74. The van der Waals surface area contributed by atoms with Gasteiger partial charge >= 0.3 is 0 Å². The fraction of sp³-hybridized carbons (Fsp3) is 0.250. The maximum absolute atomic E-state index is 5.27. The normalized spacial score (nSPS) is 12.2. The molecule has 0 heterocycles. The minimum Gasteiger partial charge on any atom is -0.497 e. The average molecular weight is 399 g/mol. The van der Waals surface area contributed by atoms with Gasteiger partial charge in [0.25, 0.3) is 0 Å². The number of methoxy groups -OCH3 is 1. The first-order chi connectivity index (χ1) is 9.55. The fourth-order valence-corrected chi connectivity index (χ4v) is 3.67. The molecule has 0 aliphatic rings. The van der Waals surface area contributed by atoms with Crippen molar-refractivity contribution in [3.63, 3.8) is 0 Å². The quantitative estimate of drug-likeness (QED) is 0.795. The number of halogens is 2. The minimum absolute atomic E-state index is 0.148. The summed E-state index contributed by atoms with van der Waals surface area (Å²) in [6.45, 7) is 2.11. The summed E-state index contributed by atoms with van der Waals surface area (Å²) in [7, 11) is 3.67. The van der Waals surface area contributed by atoms with Crippen LogP contribution in [0.3, 0.4) is 0 Å². The first kappa shape index (κ1) is 15.5. The third kappa shape index (κ3) is 3.43. The number of nitrogens with one attached hydrogen (secondary N) is 1. The minimum atomic E-state index is 0.148. The van der Waals surface area contributed by atoms with E-state index in [0.29, 0.717) is 0 Å². The van der Waals surface area contributed by atoms with Gasteiger partial charge in [0.15, 0.2) is 0 Å². The maximum atomic E-state index is 5.27. The average Bonchev–Trinajstić information content (AvgIpc) is 2.40. The van der Waals surface area contributed by atoms with Gasteiger partial charge in [-0.05, 0) is 61.0 Å². The number of ether oxygens (including phenoxy) is 1. The lowest BCUT2D eigenvalue weighted by Crippen LogP contribution is -2.18. The second-order valence-corrected chi connectivity index (χ2v) is 6.48. The highest BCUT2D eigenvalue weighted by molar-refractivity contribution is 9.11. The van der Waals surface area contributed by atoms with Gasteiger partial charge in [0, 0.05) is 8.95 Å². The van der Waals surface area contributed by atoms with Crippen molar-refractivity contribution in [1.82, 2.24) is 5.32 Å². The molecule has 2 rings (SSSR count). The Kier molecular flexibility index (Phi) is 5.24. The highest BCUT2D eigenvalue weighted by Crippen LogP contribution is 2.31. The molecule has 0 aliphatic carbocycles. The SMILES string of the molecule is CNC(c1cc(Br)cc(Br)c1)c1ccc(OC)cc1C. The Morgan fingerprint density at radius 2 is 1.70 bits per heavy atom. The molecule has 2 aromatic rings. The monoisotopic (exact) mass is 397 g/mol. The summed E-state index contributed by atoms with van der Waals surface area (Å²) in [6, 6.07) is 12.6. The molecule has 0 saturated carbocycles. The summed E-state index contributed by atoms with van der Waals surface area (Å²) >= 11 is 7.09. The molecule has 0 aliphatic heterocycles. The molecule has 0 bridgehead atoms. The van der Waals surface area contributed by atoms with Crippen LogP contribution < -0.4 is 10.1 Å². The van der Waals surface area contributed by atoms with Gasteiger partial charge in [-0.15, -0.1) is 0 Å². The third-order valence-electron chi connectivity index (χ3n) is 3.29. The van der Waals surface area contributed by atoms with Crippen molar-refractivity contribution in [1.29, 1.82) is 0 Å². The molecule has 1 unspecified atom stereocenters. The molecule has 0 amide bonds. The fourth-order valence-electron chi connectivity index (χ4n) is 2.34. The van der Waals surface area contributed by atoms with Crippen molar-refractivity contribution >= 4 is 31.9 Å². The molecule has 20 heavy (non-hydrogen) atoms. The van der Waals surface area contributed by atoms with Crippen LogP contribution in [0, 0.1) is 6.92 Å². The molecule has 0 spiro atoms. The van der Waals surface area contributed by atoms with Crippen molar-refractivity contribution in [2.45, 2.75) is 13.0 Å². The molecule has 0 fully saturated rings. The maximum Gasteiger partial charge on any atom is 0.119 e. The Hall–Kier alpha value is -0.840. The predicted molar refractivity (Wildman–Crippen MR) is 90.5 cm³/mol. The lowest BCUT2D eigenvalue weighted by atomic mass is 9.95. The summed E-state index contributed by atoms with van der Waals surface area (Å²) < 4.78 is 7.40. The standard InChI is InChI=1S/C16H17Br2NO/c1-10-6-14(20-3)4-5-15(10)16(19-2)11-7-12(17)9-13(18)8-11/h4-9,16,19H,1-3H3. The molecule has 106 valence electrons. The summed E-state index contributed by atoms with van der Waals surface area (Å²) in [5, 5.41) is 3.38. The molecular weight excluding hydrogens is 382 g/mol. The van der Waals surface area contributed by atoms with E-state index in [2.05, 4.69) is 68.4 Å². The van der Waals surface area contributed by atoms with E-state index in [-0.39, 0.29) is 6.04 Å². The van der Waals surface area contributed by atoms with Gasteiger partial charge in [0.05, 0.1) is 13.2 Å². The van der Waals surface area contributed by atoms with Gasteiger partial charge in [-0.25, -0.2) is 0 Å². The lowest BCUT2D eigenvalue weighted by molar-refractivity contribution is 0.414. The molecular formula is C16H17Br2NO.